The van der Waals surface area contributed by atoms with Gasteiger partial charge in [-0.15, -0.1) is 0 Å². The number of hydrogen-bond acceptors (Lipinski definition) is 10. The van der Waals surface area contributed by atoms with Gasteiger partial charge >= 0.3 is 0 Å². The zero-order chi connectivity index (χ0) is 67.7. The Labute approximate surface area is 587 Å². The molecule has 100 heavy (non-hydrogen) atoms. The number of phenolic OH excluding ortho intramolecular Hbond substituents is 1. The Kier molecular flexibility index (Phi) is 16.9. The van der Waals surface area contributed by atoms with Gasteiger partial charge in [0, 0.05) is 89.5 Å². The van der Waals surface area contributed by atoms with E-state index in [1.165, 1.54) is 60.6 Å². The van der Waals surface area contributed by atoms with Crippen LogP contribution >= 0.6 is 15.9 Å². The van der Waals surface area contributed by atoms with E-state index in [-0.39, 0.29) is 13.2 Å². The van der Waals surface area contributed by atoms with Crippen LogP contribution in [0, 0.1) is 0 Å². The number of nitrogens with zero attached hydrogens (tertiary/aromatic N) is 12. The van der Waals surface area contributed by atoms with Crippen molar-refractivity contribution < 1.29 is 9.84 Å². The van der Waals surface area contributed by atoms with Gasteiger partial charge in [0.1, 0.15) is 64.1 Å². The Morgan fingerprint density at radius 2 is 0.760 bits per heavy atom. The van der Waals surface area contributed by atoms with Gasteiger partial charge in [0.25, 0.3) is 0 Å². The monoisotopic (exact) mass is 1370 g/mol. The Morgan fingerprint density at radius 1 is 0.350 bits per heavy atom. The third-order valence-corrected chi connectivity index (χ3v) is 19.4. The molecule has 8 aromatic carbocycles. The molecule has 18 aromatic rings. The molecule has 10 aromatic heterocycles. The summed E-state index contributed by atoms with van der Waals surface area (Å²) in [5, 5.41) is 20.7. The number of aromatic nitrogens is 12. The molecule has 0 saturated carbocycles. The van der Waals surface area contributed by atoms with E-state index in [0.717, 1.165) is 110 Å². The molecular formula is C85H73BrN12O2. The van der Waals surface area contributed by atoms with Gasteiger partial charge in [-0.25, -0.2) is 39.9 Å². The number of pyridine rings is 4. The molecule has 14 nitrogen and oxygen atoms in total. The van der Waals surface area contributed by atoms with Crippen LogP contribution in [0.5, 0.6) is 17.2 Å². The molecule has 0 spiro atoms. The zero-order valence-corrected chi connectivity index (χ0v) is 57.6. The molecule has 0 aliphatic rings. The van der Waals surface area contributed by atoms with Gasteiger partial charge in [-0.3, -0.25) is 17.9 Å². The first-order valence-corrected chi connectivity index (χ1v) is 34.3. The van der Waals surface area contributed by atoms with Gasteiger partial charge in [0.05, 0.1) is 45.8 Å². The topological polar surface area (TPSA) is 151 Å². The molecule has 1 N–H and O–H groups in total. The number of halogens is 1. The molecule has 0 aliphatic heterocycles. The summed E-state index contributed by atoms with van der Waals surface area (Å²) >= 11 is 3.56. The number of benzene rings is 8. The SMILES string of the molecule is Brc1ccc2c3ccccc3n(-c3ccccn3)c2c1.C.CC(C)c1cccc(C(C)C)c1-c1cnc2c3cc(O)ccc3c3cncnc3n12.CC(C)c1cccc(C(C)C)c1-c1cnc2c3cc(Oc4ccc5c6ccccc6n(-c6ccccn6)c5c4)ccc3c3cncnc3n12. The third-order valence-electron chi connectivity index (χ3n) is 18.9. The summed E-state index contributed by atoms with van der Waals surface area (Å²) in [7, 11) is 0. The lowest BCUT2D eigenvalue weighted by Crippen LogP contribution is -2.03. The summed E-state index contributed by atoms with van der Waals surface area (Å²) in [6.45, 7) is 17.9. The first-order valence-electron chi connectivity index (χ1n) is 33.5. The molecule has 0 saturated heterocycles. The molecule has 0 bridgehead atoms. The second-order valence-electron chi connectivity index (χ2n) is 26.3. The number of fused-ring (bicyclic) bond motifs is 18. The van der Waals surface area contributed by atoms with Crippen LogP contribution in [0.4, 0.5) is 0 Å². The third kappa shape index (κ3) is 11.1. The molecule has 0 unspecified atom stereocenters. The Hall–Kier alpha value is -11.7. The summed E-state index contributed by atoms with van der Waals surface area (Å²) in [5.41, 5.74) is 17.4. The highest BCUT2D eigenvalue weighted by atomic mass is 79.9. The summed E-state index contributed by atoms with van der Waals surface area (Å²) in [4.78, 5) is 37.2. The number of aromatic hydroxyl groups is 1. The van der Waals surface area contributed by atoms with Crippen molar-refractivity contribution in [2.45, 2.75) is 86.5 Å². The van der Waals surface area contributed by atoms with Gasteiger partial charge in [-0.1, -0.05) is 170 Å². The Morgan fingerprint density at radius 3 is 1.24 bits per heavy atom. The molecule has 0 fully saturated rings. The average Bonchev–Trinajstić information content (AvgIpc) is 1.33. The average molecular weight is 1370 g/mol. The fourth-order valence-corrected chi connectivity index (χ4v) is 14.8. The van der Waals surface area contributed by atoms with E-state index in [1.807, 2.05) is 91.8 Å². The number of rotatable bonds is 10. The fourth-order valence-electron chi connectivity index (χ4n) is 14.5. The van der Waals surface area contributed by atoms with E-state index in [4.69, 9.17) is 19.7 Å². The highest BCUT2D eigenvalue weighted by Gasteiger charge is 2.25. The number of phenols is 1. The van der Waals surface area contributed by atoms with Crippen LogP contribution in [0.3, 0.4) is 0 Å². The second kappa shape index (κ2) is 26.3. The van der Waals surface area contributed by atoms with Crippen LogP contribution in [0.15, 0.2) is 248 Å². The lowest BCUT2D eigenvalue weighted by molar-refractivity contribution is 0.476. The highest BCUT2D eigenvalue weighted by Crippen LogP contribution is 2.44. The predicted octanol–water partition coefficient (Wildman–Crippen LogP) is 22.3. The second-order valence-corrected chi connectivity index (χ2v) is 27.2. The van der Waals surface area contributed by atoms with Crippen LogP contribution in [-0.2, 0) is 0 Å². The molecule has 0 radical (unpaired) electrons. The van der Waals surface area contributed by atoms with Crippen molar-refractivity contribution in [1.82, 2.24) is 57.8 Å². The first kappa shape index (κ1) is 64.3. The van der Waals surface area contributed by atoms with Crippen molar-refractivity contribution in [3.63, 3.8) is 0 Å². The van der Waals surface area contributed by atoms with Crippen molar-refractivity contribution in [3.8, 4) is 51.4 Å². The zero-order valence-electron chi connectivity index (χ0n) is 56.0. The summed E-state index contributed by atoms with van der Waals surface area (Å²) < 4.78 is 16.4. The van der Waals surface area contributed by atoms with Gasteiger partial charge < -0.3 is 9.84 Å². The lowest BCUT2D eigenvalue weighted by atomic mass is 9.87. The minimum Gasteiger partial charge on any atom is -0.508 e. The molecule has 0 atom stereocenters. The smallest absolute Gasteiger partial charge is 0.150 e. The molecular weight excluding hydrogens is 1300 g/mol. The number of hydrogen-bond donors (Lipinski definition) is 1. The first-order chi connectivity index (χ1) is 48.3. The molecule has 10 heterocycles. The minimum absolute atomic E-state index is 0. The molecule has 0 aliphatic carbocycles. The molecule has 15 heteroatoms. The summed E-state index contributed by atoms with van der Waals surface area (Å²) in [6, 6.07) is 66.2. The van der Waals surface area contributed by atoms with E-state index in [1.54, 1.807) is 24.8 Å². The number of imidazole rings is 2. The maximum Gasteiger partial charge on any atom is 0.150 e. The highest BCUT2D eigenvalue weighted by molar-refractivity contribution is 9.10. The van der Waals surface area contributed by atoms with Crippen LogP contribution < -0.4 is 4.74 Å². The normalized spacial score (nSPS) is 11.8. The van der Waals surface area contributed by atoms with Crippen molar-refractivity contribution in [2.24, 2.45) is 0 Å². The lowest BCUT2D eigenvalue weighted by Gasteiger charge is -2.20. The van der Waals surface area contributed by atoms with Crippen molar-refractivity contribution in [2.75, 3.05) is 0 Å². The molecule has 0 amide bonds. The van der Waals surface area contributed by atoms with Gasteiger partial charge in [-0.05, 0) is 154 Å². The van der Waals surface area contributed by atoms with Crippen molar-refractivity contribution >= 4 is 114 Å². The van der Waals surface area contributed by atoms with E-state index in [9.17, 15) is 5.11 Å². The van der Waals surface area contributed by atoms with Crippen molar-refractivity contribution in [1.29, 1.82) is 0 Å². The van der Waals surface area contributed by atoms with Gasteiger partial charge in [0.2, 0.25) is 0 Å². The van der Waals surface area contributed by atoms with Crippen LogP contribution in [-0.4, -0.2) is 62.9 Å². The van der Waals surface area contributed by atoms with Crippen LogP contribution in [0.2, 0.25) is 0 Å². The number of para-hydroxylation sites is 2. The maximum atomic E-state index is 10.2. The van der Waals surface area contributed by atoms with Crippen LogP contribution in [0.1, 0.15) is 109 Å². The van der Waals surface area contributed by atoms with E-state index < -0.39 is 0 Å². The Bertz CT molecular complexity index is 6100. The molecule has 18 rings (SSSR count). The summed E-state index contributed by atoms with van der Waals surface area (Å²) in [5.74, 6) is 4.91. The predicted molar refractivity (Wildman–Crippen MR) is 412 cm³/mol. The summed E-state index contributed by atoms with van der Waals surface area (Å²) in [6.07, 6.45) is 14.5. The fraction of sp³-hybridized carbons (Fsp3) is 0.153. The van der Waals surface area contributed by atoms with E-state index in [2.05, 4.69) is 242 Å². The molecule has 492 valence electrons. The number of ether oxygens (including phenoxy) is 1. The quantitative estimate of drug-likeness (QED) is 0.131. The van der Waals surface area contributed by atoms with Gasteiger partial charge in [0.15, 0.2) is 0 Å². The van der Waals surface area contributed by atoms with E-state index >= 15 is 0 Å². The maximum absolute atomic E-state index is 10.2. The van der Waals surface area contributed by atoms with Crippen LogP contribution in [0.25, 0.3) is 133 Å². The largest absolute Gasteiger partial charge is 0.508 e. The van der Waals surface area contributed by atoms with Crippen molar-refractivity contribution in [3.05, 3.63) is 271 Å². The minimum atomic E-state index is 0. The Balaban J connectivity index is 0.000000135. The van der Waals surface area contributed by atoms with Gasteiger partial charge in [-0.2, -0.15) is 0 Å². The standard InChI is InChI=1S/C42H34N6O.C25H24N4O.C17H11BrN2.CH4/c1-25(2)29-11-9-12-30(26(3)4)40(29)38-23-45-41-34-20-27(15-17-31(34)35-22-43-24-46-42(35)48(38)41)49-28-16-18-33-32-10-5-6-13-36(32)47(37(33)21-28)39-14-7-8-19-44-39;1-14(2)17-6-5-7-18(15(3)4)23(17)22-12-27-24-20-10-16(30)8-9-19(20)21-11-26-13-28-25(21)29(22)24;18-12-8-9-14-13-5-1-2-6-15(13)20(16(14)11-12)17-7-3-4-10-19-17;/h5-26H,1-4H3;5-15,30H,1-4H3;1-11H;1H4. The van der Waals surface area contributed by atoms with E-state index in [0.29, 0.717) is 23.7 Å².